The van der Waals surface area contributed by atoms with Gasteiger partial charge < -0.3 is 4.57 Å². The van der Waals surface area contributed by atoms with Crippen molar-refractivity contribution in [2.75, 3.05) is 0 Å². The highest BCUT2D eigenvalue weighted by molar-refractivity contribution is 6.09. The number of nitrogens with zero attached hydrogens (tertiary/aromatic N) is 5. The van der Waals surface area contributed by atoms with Crippen molar-refractivity contribution in [1.29, 1.82) is 0 Å². The Kier molecular flexibility index (Phi) is 8.08. The molecule has 5 nitrogen and oxygen atoms in total. The average Bonchev–Trinajstić information content (AvgIpc) is 3.61. The summed E-state index contributed by atoms with van der Waals surface area (Å²) < 4.78 is 2.40. The number of pyridine rings is 4. The molecule has 5 heterocycles. The number of hydrogen-bond acceptors (Lipinski definition) is 4. The van der Waals surface area contributed by atoms with E-state index in [4.69, 9.17) is 0 Å². The highest BCUT2D eigenvalue weighted by Gasteiger charge is 2.15. The zero-order chi connectivity index (χ0) is 36.6. The summed E-state index contributed by atoms with van der Waals surface area (Å²) in [7, 11) is 0. The van der Waals surface area contributed by atoms with Crippen LogP contribution in [0.25, 0.3) is 94.3 Å². The predicted molar refractivity (Wildman–Crippen MR) is 225 cm³/mol. The van der Waals surface area contributed by atoms with E-state index in [1.165, 1.54) is 21.8 Å². The van der Waals surface area contributed by atoms with Crippen molar-refractivity contribution in [2.24, 2.45) is 0 Å². The normalized spacial score (nSPS) is 11.3. The van der Waals surface area contributed by atoms with Crippen LogP contribution >= 0.6 is 0 Å². The second-order valence-electron chi connectivity index (χ2n) is 13.7. The van der Waals surface area contributed by atoms with Gasteiger partial charge in [-0.05, 0) is 100 Å². The van der Waals surface area contributed by atoms with Crippen LogP contribution in [0.15, 0.2) is 201 Å². The molecule has 0 aliphatic heterocycles. The number of aromatic nitrogens is 5. The van der Waals surface area contributed by atoms with Crippen LogP contribution < -0.4 is 0 Å². The maximum absolute atomic E-state index is 4.62. The van der Waals surface area contributed by atoms with Gasteiger partial charge in [0.1, 0.15) is 0 Å². The van der Waals surface area contributed by atoms with Gasteiger partial charge in [0, 0.05) is 99.4 Å². The highest BCUT2D eigenvalue weighted by Crippen LogP contribution is 2.38. The minimum atomic E-state index is 1.03. The van der Waals surface area contributed by atoms with Gasteiger partial charge in [-0.15, -0.1) is 0 Å². The summed E-state index contributed by atoms with van der Waals surface area (Å²) in [4.78, 5) is 17.9. The second kappa shape index (κ2) is 13.8. The first-order valence-electron chi connectivity index (χ1n) is 18.3. The van der Waals surface area contributed by atoms with Crippen LogP contribution in [0.5, 0.6) is 0 Å². The molecule has 0 aliphatic rings. The van der Waals surface area contributed by atoms with Gasteiger partial charge in [0.15, 0.2) is 0 Å². The molecule has 10 rings (SSSR count). The average molecular weight is 704 g/mol. The molecule has 0 radical (unpaired) electrons. The quantitative estimate of drug-likeness (QED) is 0.166. The van der Waals surface area contributed by atoms with E-state index in [0.29, 0.717) is 0 Å². The molecule has 55 heavy (non-hydrogen) atoms. The molecular formula is C50H33N5. The lowest BCUT2D eigenvalue weighted by molar-refractivity contribution is 1.18. The van der Waals surface area contributed by atoms with Gasteiger partial charge in [0.2, 0.25) is 0 Å². The van der Waals surface area contributed by atoms with E-state index in [1.54, 1.807) is 12.4 Å². The molecule has 0 bridgehead atoms. The molecule has 0 N–H and O–H groups in total. The summed E-state index contributed by atoms with van der Waals surface area (Å²) in [5, 5.41) is 2.46. The van der Waals surface area contributed by atoms with Crippen LogP contribution in [-0.4, -0.2) is 24.5 Å². The molecule has 5 aromatic heterocycles. The third-order valence-electron chi connectivity index (χ3n) is 10.3. The lowest BCUT2D eigenvalue weighted by Crippen LogP contribution is -1.96. The zero-order valence-electron chi connectivity index (χ0n) is 29.8. The van der Waals surface area contributed by atoms with Gasteiger partial charge >= 0.3 is 0 Å². The Labute approximate surface area is 318 Å². The fourth-order valence-electron chi connectivity index (χ4n) is 7.61. The van der Waals surface area contributed by atoms with Crippen LogP contribution in [-0.2, 0) is 0 Å². The first-order chi connectivity index (χ1) is 27.2. The van der Waals surface area contributed by atoms with E-state index in [2.05, 4.69) is 164 Å². The molecule has 0 spiro atoms. The SMILES string of the molecule is c1cncc(-c2cncc(-c3cccc(-c4cc(-c5cccc(-c6cncc(-c7cccnc7)c6)c5)cc(-n5c6ccccc6c6ccccc65)c4)c3)c2)c1. The minimum absolute atomic E-state index is 1.03. The third kappa shape index (κ3) is 6.14. The molecule has 0 saturated heterocycles. The molecule has 5 aromatic carbocycles. The monoisotopic (exact) mass is 703 g/mol. The Morgan fingerprint density at radius 3 is 1.09 bits per heavy atom. The zero-order valence-corrected chi connectivity index (χ0v) is 29.8. The number of para-hydroxylation sites is 2. The summed E-state index contributed by atoms with van der Waals surface area (Å²) in [6, 6.07) is 54.2. The number of fused-ring (bicyclic) bond motifs is 3. The summed E-state index contributed by atoms with van der Waals surface area (Å²) in [5.74, 6) is 0. The maximum atomic E-state index is 4.62. The van der Waals surface area contributed by atoms with E-state index in [0.717, 1.165) is 72.4 Å². The first kappa shape index (κ1) is 32.2. The lowest BCUT2D eigenvalue weighted by atomic mass is 9.94. The largest absolute Gasteiger partial charge is 0.309 e. The summed E-state index contributed by atoms with van der Waals surface area (Å²) in [6.07, 6.45) is 15.0. The van der Waals surface area contributed by atoms with Crippen molar-refractivity contribution in [1.82, 2.24) is 24.5 Å². The second-order valence-corrected chi connectivity index (χ2v) is 13.7. The fourth-order valence-corrected chi connectivity index (χ4v) is 7.61. The van der Waals surface area contributed by atoms with Crippen molar-refractivity contribution in [2.45, 2.75) is 0 Å². The molecule has 5 heteroatoms. The lowest BCUT2D eigenvalue weighted by Gasteiger charge is -2.15. The molecular weight excluding hydrogens is 671 g/mol. The molecule has 0 saturated carbocycles. The Morgan fingerprint density at radius 1 is 0.273 bits per heavy atom. The summed E-state index contributed by atoms with van der Waals surface area (Å²) in [6.45, 7) is 0. The first-order valence-corrected chi connectivity index (χ1v) is 18.3. The van der Waals surface area contributed by atoms with Gasteiger partial charge in [0.05, 0.1) is 11.0 Å². The Balaban J connectivity index is 1.13. The van der Waals surface area contributed by atoms with E-state index in [9.17, 15) is 0 Å². The summed E-state index contributed by atoms with van der Waals surface area (Å²) in [5.41, 5.74) is 16.4. The molecule has 0 amide bonds. The predicted octanol–water partition coefficient (Wildman–Crippen LogP) is 12.4. The Bertz CT molecular complexity index is 2790. The Hall–Kier alpha value is -7.50. The van der Waals surface area contributed by atoms with Crippen LogP contribution in [0, 0.1) is 0 Å². The number of hydrogen-bond donors (Lipinski definition) is 0. The highest BCUT2D eigenvalue weighted by atomic mass is 15.0. The van der Waals surface area contributed by atoms with Crippen LogP contribution in [0.4, 0.5) is 0 Å². The Morgan fingerprint density at radius 2 is 0.636 bits per heavy atom. The van der Waals surface area contributed by atoms with Gasteiger partial charge in [-0.1, -0.05) is 84.9 Å². The number of benzene rings is 5. The van der Waals surface area contributed by atoms with E-state index in [-0.39, 0.29) is 0 Å². The van der Waals surface area contributed by atoms with Gasteiger partial charge in [0.25, 0.3) is 0 Å². The van der Waals surface area contributed by atoms with E-state index in [1.807, 2.05) is 49.3 Å². The van der Waals surface area contributed by atoms with Gasteiger partial charge in [-0.2, -0.15) is 0 Å². The molecule has 10 aromatic rings. The molecule has 258 valence electrons. The van der Waals surface area contributed by atoms with Crippen molar-refractivity contribution in [3.05, 3.63) is 201 Å². The van der Waals surface area contributed by atoms with Crippen LogP contribution in [0.1, 0.15) is 0 Å². The van der Waals surface area contributed by atoms with Gasteiger partial charge in [-0.3, -0.25) is 19.9 Å². The smallest absolute Gasteiger partial charge is 0.0541 e. The molecule has 0 atom stereocenters. The number of rotatable bonds is 7. The third-order valence-corrected chi connectivity index (χ3v) is 10.3. The fraction of sp³-hybridized carbons (Fsp3) is 0. The van der Waals surface area contributed by atoms with Crippen molar-refractivity contribution in [3.63, 3.8) is 0 Å². The van der Waals surface area contributed by atoms with Crippen LogP contribution in [0.3, 0.4) is 0 Å². The standard InChI is InChI=1S/C50H33N5/c1-3-17-49-47(15-1)48-16-2-4-18-50(48)55(49)46-26-40(34-9-5-11-36(21-34)42-24-44(32-53-30-42)38-13-7-19-51-28-38)23-41(27-46)35-10-6-12-37(22-35)43-25-45(33-54-31-43)39-14-8-20-52-29-39/h1-33H. The molecule has 0 unspecified atom stereocenters. The van der Waals surface area contributed by atoms with E-state index < -0.39 is 0 Å². The topological polar surface area (TPSA) is 56.5 Å². The van der Waals surface area contributed by atoms with Crippen molar-refractivity contribution in [3.8, 4) is 72.4 Å². The summed E-state index contributed by atoms with van der Waals surface area (Å²) >= 11 is 0. The molecule has 0 aliphatic carbocycles. The van der Waals surface area contributed by atoms with E-state index >= 15 is 0 Å². The maximum Gasteiger partial charge on any atom is 0.0541 e. The minimum Gasteiger partial charge on any atom is -0.309 e. The van der Waals surface area contributed by atoms with Crippen molar-refractivity contribution >= 4 is 21.8 Å². The molecule has 0 fully saturated rings. The van der Waals surface area contributed by atoms with Gasteiger partial charge in [-0.25, -0.2) is 0 Å². The van der Waals surface area contributed by atoms with Crippen molar-refractivity contribution < 1.29 is 0 Å². The van der Waals surface area contributed by atoms with Crippen LogP contribution in [0.2, 0.25) is 0 Å².